The van der Waals surface area contributed by atoms with Gasteiger partial charge in [0.15, 0.2) is 0 Å². The third-order valence-corrected chi connectivity index (χ3v) is 7.91. The molecule has 0 aliphatic heterocycles. The molecule has 228 valence electrons. The standard InChI is InChI=1S/C28H28F3N5O6S/c1-27(2,11-12-36-17-33-21-14-22(25(37)38)32-15-23(21)36)34-16-24(42-26(39)28(29,30)31)18-7-6-8-19(13-18)35-43(40,41)20-9-4-3-5-10-20/h3-10,13-15,17,24,34-35H,11-12,16H2,1-2H3,(H,37,38). The van der Waals surface area contributed by atoms with Crippen LogP contribution in [0.3, 0.4) is 0 Å². The molecule has 43 heavy (non-hydrogen) atoms. The summed E-state index contributed by atoms with van der Waals surface area (Å²) in [6.07, 6.45) is -3.28. The highest BCUT2D eigenvalue weighted by Gasteiger charge is 2.42. The minimum Gasteiger partial charge on any atom is -0.477 e. The number of nitrogens with one attached hydrogen (secondary N) is 2. The second-order valence-electron chi connectivity index (χ2n) is 10.3. The van der Waals surface area contributed by atoms with Gasteiger partial charge in [0.1, 0.15) is 11.8 Å². The highest BCUT2D eigenvalue weighted by atomic mass is 32.2. The fourth-order valence-corrected chi connectivity index (χ4v) is 5.22. The number of halogens is 3. The van der Waals surface area contributed by atoms with E-state index in [0.29, 0.717) is 24.0 Å². The highest BCUT2D eigenvalue weighted by Crippen LogP contribution is 2.27. The van der Waals surface area contributed by atoms with Crippen molar-refractivity contribution in [1.82, 2.24) is 19.9 Å². The van der Waals surface area contributed by atoms with Crippen molar-refractivity contribution in [1.29, 1.82) is 0 Å². The Labute approximate surface area is 244 Å². The molecule has 3 N–H and O–H groups in total. The van der Waals surface area contributed by atoms with Crippen molar-refractivity contribution in [3.63, 3.8) is 0 Å². The summed E-state index contributed by atoms with van der Waals surface area (Å²) in [4.78, 5) is 31.1. The monoisotopic (exact) mass is 619 g/mol. The van der Waals surface area contributed by atoms with E-state index in [1.54, 1.807) is 36.6 Å². The summed E-state index contributed by atoms with van der Waals surface area (Å²) < 4.78 is 73.9. The van der Waals surface area contributed by atoms with Gasteiger partial charge < -0.3 is 19.7 Å². The maximum absolute atomic E-state index is 13.1. The number of nitrogens with zero attached hydrogens (tertiary/aromatic N) is 3. The van der Waals surface area contributed by atoms with Crippen molar-refractivity contribution in [2.45, 2.75) is 49.5 Å². The summed E-state index contributed by atoms with van der Waals surface area (Å²) >= 11 is 0. The van der Waals surface area contributed by atoms with Crippen molar-refractivity contribution >= 4 is 38.7 Å². The molecule has 0 saturated heterocycles. The molecule has 11 nitrogen and oxygen atoms in total. The van der Waals surface area contributed by atoms with Crippen LogP contribution in [0.2, 0.25) is 0 Å². The van der Waals surface area contributed by atoms with Crippen molar-refractivity contribution in [3.05, 3.63) is 84.4 Å². The van der Waals surface area contributed by atoms with Crippen molar-refractivity contribution < 1.29 is 41.0 Å². The molecule has 0 saturated carbocycles. The van der Waals surface area contributed by atoms with Gasteiger partial charge in [0, 0.05) is 24.3 Å². The molecule has 0 aliphatic carbocycles. The molecular formula is C28H28F3N5O6S. The highest BCUT2D eigenvalue weighted by molar-refractivity contribution is 7.92. The second-order valence-corrected chi connectivity index (χ2v) is 11.9. The predicted octanol–water partition coefficient (Wildman–Crippen LogP) is 4.54. The van der Waals surface area contributed by atoms with Gasteiger partial charge >= 0.3 is 18.1 Å². The summed E-state index contributed by atoms with van der Waals surface area (Å²) in [6.45, 7) is 3.78. The number of esters is 1. The average molecular weight is 620 g/mol. The van der Waals surface area contributed by atoms with E-state index in [4.69, 9.17) is 9.84 Å². The van der Waals surface area contributed by atoms with Gasteiger partial charge in [0.25, 0.3) is 10.0 Å². The number of carboxylic acid groups (broad SMARTS) is 1. The Hall–Kier alpha value is -4.50. The van der Waals surface area contributed by atoms with Gasteiger partial charge in [0.05, 0.1) is 28.5 Å². The lowest BCUT2D eigenvalue weighted by molar-refractivity contribution is -0.205. The zero-order valence-corrected chi connectivity index (χ0v) is 23.8. The van der Waals surface area contributed by atoms with Crippen LogP contribution in [0.1, 0.15) is 42.4 Å². The molecule has 0 bridgehead atoms. The summed E-state index contributed by atoms with van der Waals surface area (Å²) in [5, 5.41) is 12.3. The lowest BCUT2D eigenvalue weighted by Crippen LogP contribution is -2.43. The Balaban J connectivity index is 1.49. The maximum Gasteiger partial charge on any atom is 0.490 e. The van der Waals surface area contributed by atoms with Gasteiger partial charge in [-0.25, -0.2) is 28.0 Å². The Morgan fingerprint density at radius 3 is 2.44 bits per heavy atom. The maximum atomic E-state index is 13.1. The number of pyridine rings is 1. The molecule has 0 fully saturated rings. The van der Waals surface area contributed by atoms with E-state index in [2.05, 4.69) is 20.0 Å². The summed E-state index contributed by atoms with van der Waals surface area (Å²) in [5.74, 6) is -3.56. The average Bonchev–Trinajstić information content (AvgIpc) is 3.36. The number of carbonyl (C=O) groups is 2. The Morgan fingerprint density at radius 1 is 1.05 bits per heavy atom. The van der Waals surface area contributed by atoms with Crippen LogP contribution in [0, 0.1) is 0 Å². The molecule has 1 unspecified atom stereocenters. The van der Waals surface area contributed by atoms with E-state index in [0.717, 1.165) is 0 Å². The van der Waals surface area contributed by atoms with E-state index >= 15 is 0 Å². The molecule has 0 spiro atoms. The molecule has 2 aromatic carbocycles. The first-order valence-electron chi connectivity index (χ1n) is 12.9. The lowest BCUT2D eigenvalue weighted by atomic mass is 9.99. The molecule has 4 rings (SSSR count). The van der Waals surface area contributed by atoms with Gasteiger partial charge in [-0.05, 0) is 56.2 Å². The van der Waals surface area contributed by atoms with Crippen LogP contribution < -0.4 is 10.0 Å². The van der Waals surface area contributed by atoms with E-state index < -0.39 is 39.8 Å². The van der Waals surface area contributed by atoms with Crippen LogP contribution >= 0.6 is 0 Å². The van der Waals surface area contributed by atoms with Gasteiger partial charge in [-0.15, -0.1) is 0 Å². The van der Waals surface area contributed by atoms with Crippen molar-refractivity contribution in [2.24, 2.45) is 0 Å². The van der Waals surface area contributed by atoms with Crippen LogP contribution in [-0.2, 0) is 26.1 Å². The van der Waals surface area contributed by atoms with E-state index in [1.807, 2.05) is 0 Å². The molecule has 1 atom stereocenters. The molecule has 2 heterocycles. The number of carboxylic acids is 1. The summed E-state index contributed by atoms with van der Waals surface area (Å²) in [5.41, 5.74) is 0.416. The quantitative estimate of drug-likeness (QED) is 0.194. The van der Waals surface area contributed by atoms with Gasteiger partial charge in [-0.2, -0.15) is 13.2 Å². The summed E-state index contributed by atoms with van der Waals surface area (Å²) in [6, 6.07) is 14.5. The number of sulfonamides is 1. The minimum absolute atomic E-state index is 0.00681. The van der Waals surface area contributed by atoms with Crippen LogP contribution in [-0.4, -0.2) is 58.3 Å². The Bertz CT molecular complexity index is 1730. The number of aromatic carboxylic acids is 1. The van der Waals surface area contributed by atoms with Crippen LogP contribution in [0.15, 0.2) is 78.1 Å². The smallest absolute Gasteiger partial charge is 0.477 e. The fourth-order valence-electron chi connectivity index (χ4n) is 4.15. The number of hydrogen-bond acceptors (Lipinski definition) is 8. The number of anilines is 1. The number of ether oxygens (including phenoxy) is 1. The van der Waals surface area contributed by atoms with E-state index in [-0.39, 0.29) is 28.4 Å². The molecule has 0 radical (unpaired) electrons. The minimum atomic E-state index is -5.24. The lowest BCUT2D eigenvalue weighted by Gasteiger charge is -2.30. The van der Waals surface area contributed by atoms with Gasteiger partial charge in [0.2, 0.25) is 0 Å². The molecule has 0 aliphatic rings. The molecule has 0 amide bonds. The number of benzene rings is 2. The number of imidazole rings is 1. The molecule has 15 heteroatoms. The first kappa shape index (κ1) is 31.4. The number of fused-ring (bicyclic) bond motifs is 1. The summed E-state index contributed by atoms with van der Waals surface area (Å²) in [7, 11) is -3.98. The molecular weight excluding hydrogens is 591 g/mol. The predicted molar refractivity (Wildman–Crippen MR) is 150 cm³/mol. The number of hydrogen-bond donors (Lipinski definition) is 3. The van der Waals surface area contributed by atoms with Crippen LogP contribution in [0.25, 0.3) is 11.0 Å². The number of alkyl halides is 3. The van der Waals surface area contributed by atoms with E-state index in [9.17, 15) is 31.2 Å². The van der Waals surface area contributed by atoms with Crippen molar-refractivity contribution in [2.75, 3.05) is 11.3 Å². The number of rotatable bonds is 12. The van der Waals surface area contributed by atoms with Gasteiger partial charge in [-0.1, -0.05) is 30.3 Å². The van der Waals surface area contributed by atoms with Gasteiger partial charge in [-0.3, -0.25) is 4.72 Å². The SMILES string of the molecule is CC(C)(CCn1cnc2cc(C(=O)O)ncc21)NCC(OC(=O)C(F)(F)F)c1cccc(NS(=O)(=O)c2ccccc2)c1. The Kier molecular flexibility index (Phi) is 9.06. The largest absolute Gasteiger partial charge is 0.490 e. The number of carbonyl (C=O) groups excluding carboxylic acids is 1. The number of aromatic nitrogens is 3. The van der Waals surface area contributed by atoms with E-state index in [1.165, 1.54) is 55.0 Å². The van der Waals surface area contributed by atoms with Crippen LogP contribution in [0.5, 0.6) is 0 Å². The fraction of sp³-hybridized carbons (Fsp3) is 0.286. The van der Waals surface area contributed by atoms with Crippen LogP contribution in [0.4, 0.5) is 18.9 Å². The topological polar surface area (TPSA) is 153 Å². The normalized spacial score (nSPS) is 13.0. The number of aryl methyl sites for hydroxylation is 1. The second kappa shape index (κ2) is 12.4. The zero-order chi connectivity index (χ0) is 31.4. The first-order valence-corrected chi connectivity index (χ1v) is 14.4. The molecule has 4 aromatic rings. The third kappa shape index (κ3) is 8.08. The Morgan fingerprint density at radius 2 is 1.77 bits per heavy atom. The zero-order valence-electron chi connectivity index (χ0n) is 23.0. The molecule has 2 aromatic heterocycles. The van der Waals surface area contributed by atoms with Crippen molar-refractivity contribution in [3.8, 4) is 0 Å². The third-order valence-electron chi connectivity index (χ3n) is 6.52. The first-order chi connectivity index (χ1) is 20.1.